The highest BCUT2D eigenvalue weighted by Crippen LogP contribution is 2.23. The van der Waals surface area contributed by atoms with Crippen molar-refractivity contribution >= 4 is 5.78 Å². The molecule has 0 spiro atoms. The summed E-state index contributed by atoms with van der Waals surface area (Å²) < 4.78 is 18.0. The van der Waals surface area contributed by atoms with Gasteiger partial charge in [-0.1, -0.05) is 32.9 Å². The molecule has 0 saturated heterocycles. The van der Waals surface area contributed by atoms with Crippen LogP contribution in [0, 0.1) is 11.2 Å². The van der Waals surface area contributed by atoms with Gasteiger partial charge in [0.25, 0.3) is 0 Å². The number of ether oxygens (including phenoxy) is 1. The summed E-state index contributed by atoms with van der Waals surface area (Å²) in [5.74, 6) is -0.271. The molecule has 0 N–H and O–H groups in total. The molecular weight excluding hydrogens is 219 g/mol. The maximum Gasteiger partial charge on any atom is 0.166 e. The number of rotatable bonds is 4. The summed E-state index contributed by atoms with van der Waals surface area (Å²) >= 11 is 0. The smallest absolute Gasteiger partial charge is 0.166 e. The van der Waals surface area contributed by atoms with Crippen molar-refractivity contribution in [2.45, 2.75) is 33.3 Å². The van der Waals surface area contributed by atoms with Crippen LogP contribution in [0.5, 0.6) is 0 Å². The van der Waals surface area contributed by atoms with E-state index in [4.69, 9.17) is 4.74 Å². The molecule has 17 heavy (non-hydrogen) atoms. The van der Waals surface area contributed by atoms with Gasteiger partial charge in [0.05, 0.1) is 0 Å². The largest absolute Gasteiger partial charge is 0.373 e. The first-order valence-electron chi connectivity index (χ1n) is 5.64. The highest BCUT2D eigenvalue weighted by Gasteiger charge is 2.30. The zero-order valence-corrected chi connectivity index (χ0v) is 10.8. The van der Waals surface area contributed by atoms with Crippen LogP contribution >= 0.6 is 0 Å². The van der Waals surface area contributed by atoms with Crippen LogP contribution in [0.3, 0.4) is 0 Å². The average molecular weight is 238 g/mol. The quantitative estimate of drug-likeness (QED) is 0.806. The van der Waals surface area contributed by atoms with E-state index in [1.165, 1.54) is 12.1 Å². The minimum Gasteiger partial charge on any atom is -0.373 e. The number of carbonyl (C=O) groups excluding carboxylic acids is 1. The van der Waals surface area contributed by atoms with Crippen molar-refractivity contribution in [3.05, 3.63) is 35.6 Å². The summed E-state index contributed by atoms with van der Waals surface area (Å²) in [6, 6.07) is 5.98. The maximum atomic E-state index is 12.7. The number of benzene rings is 1. The van der Waals surface area contributed by atoms with Gasteiger partial charge in [-0.05, 0) is 23.1 Å². The Bertz CT molecular complexity index is 376. The first-order chi connectivity index (χ1) is 7.84. The van der Waals surface area contributed by atoms with Gasteiger partial charge in [0, 0.05) is 13.5 Å². The number of Topliss-reactive ketones (excluding diaryl/α,β-unsaturated/α-hetero) is 1. The minimum atomic E-state index is -0.437. The van der Waals surface area contributed by atoms with Crippen molar-refractivity contribution < 1.29 is 13.9 Å². The van der Waals surface area contributed by atoms with Gasteiger partial charge in [-0.25, -0.2) is 4.39 Å². The molecule has 1 atom stereocenters. The molecule has 0 bridgehead atoms. The van der Waals surface area contributed by atoms with Gasteiger partial charge in [-0.2, -0.15) is 0 Å². The summed E-state index contributed by atoms with van der Waals surface area (Å²) in [6.07, 6.45) is -0.164. The Morgan fingerprint density at radius 3 is 2.24 bits per heavy atom. The highest BCUT2D eigenvalue weighted by molar-refractivity contribution is 5.85. The van der Waals surface area contributed by atoms with Crippen LogP contribution in [0.25, 0.3) is 0 Å². The lowest BCUT2D eigenvalue weighted by Crippen LogP contribution is -2.37. The zero-order valence-electron chi connectivity index (χ0n) is 10.8. The van der Waals surface area contributed by atoms with Gasteiger partial charge in [0.1, 0.15) is 11.9 Å². The minimum absolute atomic E-state index is 0.0200. The van der Waals surface area contributed by atoms with Gasteiger partial charge in [-0.15, -0.1) is 0 Å². The molecular formula is C14H19FO2. The van der Waals surface area contributed by atoms with E-state index >= 15 is 0 Å². The number of ketones is 1. The molecule has 0 aromatic heterocycles. The molecule has 3 heteroatoms. The van der Waals surface area contributed by atoms with Gasteiger partial charge < -0.3 is 4.74 Å². The Kier molecular flexibility index (Phi) is 4.40. The van der Waals surface area contributed by atoms with Gasteiger partial charge >= 0.3 is 0 Å². The summed E-state index contributed by atoms with van der Waals surface area (Å²) in [7, 11) is 1.54. The number of halogens is 1. The van der Waals surface area contributed by atoms with E-state index in [9.17, 15) is 9.18 Å². The van der Waals surface area contributed by atoms with Crippen LogP contribution in [0.4, 0.5) is 4.39 Å². The lowest BCUT2D eigenvalue weighted by molar-refractivity contribution is -0.134. The molecule has 0 fully saturated rings. The molecule has 1 unspecified atom stereocenters. The first kappa shape index (κ1) is 13.8. The number of carbonyl (C=O) groups is 1. The summed E-state index contributed by atoms with van der Waals surface area (Å²) in [4.78, 5) is 12.1. The monoisotopic (exact) mass is 238 g/mol. The molecule has 0 radical (unpaired) electrons. The first-order valence-corrected chi connectivity index (χ1v) is 5.64. The predicted octanol–water partition coefficient (Wildman–Crippen LogP) is 3.00. The molecule has 0 aliphatic rings. The average Bonchev–Trinajstić information content (AvgIpc) is 2.20. The molecule has 0 heterocycles. The summed E-state index contributed by atoms with van der Waals surface area (Å²) in [5, 5.41) is 0. The third-order valence-electron chi connectivity index (χ3n) is 2.61. The van der Waals surface area contributed by atoms with Crippen LogP contribution < -0.4 is 0 Å². The van der Waals surface area contributed by atoms with Gasteiger partial charge in [0.15, 0.2) is 5.78 Å². The molecule has 0 amide bonds. The highest BCUT2D eigenvalue weighted by atomic mass is 19.1. The maximum absolute atomic E-state index is 12.7. The number of hydrogen-bond donors (Lipinski definition) is 0. The predicted molar refractivity (Wildman–Crippen MR) is 65.4 cm³/mol. The fourth-order valence-electron chi connectivity index (χ4n) is 1.86. The molecule has 0 aliphatic heterocycles. The van der Waals surface area contributed by atoms with Crippen molar-refractivity contribution in [2.75, 3.05) is 7.11 Å². The van der Waals surface area contributed by atoms with Crippen LogP contribution in [-0.2, 0) is 16.0 Å². The van der Waals surface area contributed by atoms with Crippen molar-refractivity contribution in [2.24, 2.45) is 5.41 Å². The topological polar surface area (TPSA) is 26.3 Å². The van der Waals surface area contributed by atoms with Crippen LogP contribution in [0.15, 0.2) is 24.3 Å². The molecule has 0 saturated carbocycles. The fourth-order valence-corrected chi connectivity index (χ4v) is 1.86. The molecule has 2 nitrogen and oxygen atoms in total. The lowest BCUT2D eigenvalue weighted by atomic mass is 9.84. The van der Waals surface area contributed by atoms with Crippen molar-refractivity contribution in [3.8, 4) is 0 Å². The molecule has 1 aromatic rings. The summed E-state index contributed by atoms with van der Waals surface area (Å²) in [5.41, 5.74) is 0.578. The van der Waals surface area contributed by atoms with E-state index in [-0.39, 0.29) is 23.4 Å². The van der Waals surface area contributed by atoms with Crippen LogP contribution in [-0.4, -0.2) is 19.0 Å². The van der Waals surface area contributed by atoms with E-state index in [1.54, 1.807) is 19.2 Å². The molecule has 94 valence electrons. The van der Waals surface area contributed by atoms with Crippen molar-refractivity contribution in [3.63, 3.8) is 0 Å². The van der Waals surface area contributed by atoms with Crippen molar-refractivity contribution in [1.82, 2.24) is 0 Å². The number of hydrogen-bond acceptors (Lipinski definition) is 2. The Morgan fingerprint density at radius 2 is 1.82 bits per heavy atom. The second-order valence-corrected chi connectivity index (χ2v) is 5.25. The number of methoxy groups -OCH3 is 1. The Balaban J connectivity index is 2.74. The van der Waals surface area contributed by atoms with E-state index in [2.05, 4.69) is 0 Å². The Morgan fingerprint density at radius 1 is 1.29 bits per heavy atom. The second-order valence-electron chi connectivity index (χ2n) is 5.25. The molecule has 1 rings (SSSR count). The lowest BCUT2D eigenvalue weighted by Gasteiger charge is -2.28. The van der Waals surface area contributed by atoms with E-state index in [1.807, 2.05) is 20.8 Å². The third-order valence-corrected chi connectivity index (χ3v) is 2.61. The SMILES string of the molecule is COC(C(=O)Cc1ccc(F)cc1)C(C)(C)C. The van der Waals surface area contributed by atoms with E-state index < -0.39 is 6.10 Å². The molecule has 1 aromatic carbocycles. The van der Waals surface area contributed by atoms with E-state index in [0.29, 0.717) is 0 Å². The molecule has 0 aliphatic carbocycles. The van der Waals surface area contributed by atoms with Gasteiger partial charge in [-0.3, -0.25) is 4.79 Å². The second kappa shape index (κ2) is 5.41. The fraction of sp³-hybridized carbons (Fsp3) is 0.500. The Labute approximate surface area is 102 Å². The summed E-state index contributed by atoms with van der Waals surface area (Å²) in [6.45, 7) is 5.89. The Hall–Kier alpha value is -1.22. The van der Waals surface area contributed by atoms with E-state index in [0.717, 1.165) is 5.56 Å². The third kappa shape index (κ3) is 3.93. The standard InChI is InChI=1S/C14H19FO2/c1-14(2,3)13(17-4)12(16)9-10-5-7-11(15)8-6-10/h5-8,13H,9H2,1-4H3. The zero-order chi connectivity index (χ0) is 13.1. The van der Waals surface area contributed by atoms with Crippen molar-refractivity contribution in [1.29, 1.82) is 0 Å². The van der Waals surface area contributed by atoms with Crippen LogP contribution in [0.1, 0.15) is 26.3 Å². The van der Waals surface area contributed by atoms with Crippen LogP contribution in [0.2, 0.25) is 0 Å². The normalized spacial score (nSPS) is 13.5. The van der Waals surface area contributed by atoms with Gasteiger partial charge in [0.2, 0.25) is 0 Å².